The summed E-state index contributed by atoms with van der Waals surface area (Å²) in [5, 5.41) is 103. The number of hydrogen-bond donors (Lipinski definition) is 13. The summed E-state index contributed by atoms with van der Waals surface area (Å²) in [5.41, 5.74) is 3.83. The fraction of sp³-hybridized carbons (Fsp3) is 0.574. The first-order valence-electron chi connectivity index (χ1n) is 30.7. The Hall–Kier alpha value is -7.57. The average molecular weight is 1290 g/mol. The molecule has 0 aromatic heterocycles. The summed E-state index contributed by atoms with van der Waals surface area (Å²) in [6.07, 6.45) is -4.53. The fourth-order valence-electron chi connectivity index (χ4n) is 13.4. The quantitative estimate of drug-likeness (QED) is 0.0481. The van der Waals surface area contributed by atoms with Crippen LogP contribution in [0.5, 0.6) is 5.75 Å². The highest BCUT2D eigenvalue weighted by Gasteiger charge is 2.50. The van der Waals surface area contributed by atoms with Crippen molar-refractivity contribution in [3.63, 3.8) is 0 Å². The number of β-amino-alcohol motifs (C(OH)–C–C–N with tert-alkyl or cyclic N) is 1. The molecular weight excluding hydrogens is 1210 g/mol. The molecule has 494 valence electrons. The smallest absolute Gasteiger partial charge is 0.251 e. The van der Waals surface area contributed by atoms with E-state index in [1.165, 1.54) is 57.2 Å². The van der Waals surface area contributed by atoms with Crippen molar-refractivity contribution in [1.82, 2.24) is 36.4 Å². The normalized spacial score (nSPS) is 28.5. The van der Waals surface area contributed by atoms with Crippen LogP contribution < -0.4 is 41.3 Å². The number of phenols is 1. The number of aromatic hydroxyl groups is 1. The van der Waals surface area contributed by atoms with Gasteiger partial charge in [-0.2, -0.15) is 0 Å². The van der Waals surface area contributed by atoms with Crippen molar-refractivity contribution in [1.29, 1.82) is 0 Å². The van der Waals surface area contributed by atoms with Crippen LogP contribution in [-0.2, 0) is 55.6 Å². The zero-order chi connectivity index (χ0) is 65.4. The van der Waals surface area contributed by atoms with Gasteiger partial charge in [-0.3, -0.25) is 33.6 Å². The molecule has 3 aromatic rings. The second kappa shape index (κ2) is 29.8. The monoisotopic (exact) mass is 1290 g/mol. The summed E-state index contributed by atoms with van der Waals surface area (Å²) < 4.78 is 16.7. The molecule has 1 spiro atoms. The van der Waals surface area contributed by atoms with Crippen LogP contribution in [0.15, 0.2) is 71.6 Å². The highest BCUT2D eigenvalue weighted by Crippen LogP contribution is 2.47. The molecule has 91 heavy (non-hydrogen) atoms. The van der Waals surface area contributed by atoms with Crippen LogP contribution in [0.4, 0.5) is 17.1 Å². The fourth-order valence-corrected chi connectivity index (χ4v) is 14.0. The van der Waals surface area contributed by atoms with Gasteiger partial charge in [0, 0.05) is 107 Å². The van der Waals surface area contributed by atoms with Gasteiger partial charge in [0.05, 0.1) is 30.5 Å². The summed E-state index contributed by atoms with van der Waals surface area (Å²) in [6, 6.07) is 7.16. The number of phenolic OH excluding ortho intramolecular Hbond substituents is 1. The highest BCUT2D eigenvalue weighted by molar-refractivity contribution is 7.80. The van der Waals surface area contributed by atoms with Gasteiger partial charge in [-0.25, -0.2) is 16.0 Å². The van der Waals surface area contributed by atoms with Crippen LogP contribution in [-0.4, -0.2) is 235 Å². The summed E-state index contributed by atoms with van der Waals surface area (Å²) in [7, 11) is 0. The Morgan fingerprint density at radius 1 is 0.714 bits per heavy atom. The summed E-state index contributed by atoms with van der Waals surface area (Å²) >= 11 is -2.66. The number of nitrogens with zero attached hydrogens (tertiary/aromatic N) is 6. The number of amides is 7. The first-order chi connectivity index (χ1) is 43.5. The zero-order valence-electron chi connectivity index (χ0n) is 50.5. The standard InChI is InChI=1S/C61H81N11O18S/c1-34-32-72-52(53(34)79)58(84)63-30-41(74)28-43(64-54(80)37-7-9-38(10-8-37)69-22-24-70(25-23-69)40-13-11-39(12-14-40)68-20-18-61(19-21-68)16-4-5-17-61)55(81)65-49(35(2)73)59(85)71-33-42(75)29-44(71)56(82)66-50(57(83)67-51(60(72)86)47(78)31-62-3)46(77)26-36-6-15-45(76)48(27-36)91(88)90-89-87/h6-15,27,34-35,41-44,46-47,49-53,73-79,87H,4-5,16-26,28-33H2,1-2H3,(H,63,84)(H,64,80)(H,65,81)(H,66,82)(H,67,83)/t34?,35?,41-,42?,43-,44?,46+,47+,49?,50?,51-,52?,53-,91?/m0/s1. The maximum Gasteiger partial charge on any atom is 0.251 e. The van der Waals surface area contributed by atoms with E-state index in [9.17, 15) is 73.5 Å². The number of piperazine rings is 1. The number of fused-ring (bicyclic) bond motifs is 2. The number of piperidine rings is 1. The average Bonchev–Trinajstić information content (AvgIpc) is 1.87. The maximum atomic E-state index is 14.6. The largest absolute Gasteiger partial charge is 0.507 e. The lowest BCUT2D eigenvalue weighted by molar-refractivity contribution is -0.435. The minimum atomic E-state index is -2.66. The molecule has 5 saturated heterocycles. The molecule has 0 radical (unpaired) electrons. The van der Waals surface area contributed by atoms with Crippen LogP contribution in [0.1, 0.15) is 81.1 Å². The van der Waals surface area contributed by atoms with Gasteiger partial charge in [-0.15, -0.1) is 0 Å². The van der Waals surface area contributed by atoms with Crippen molar-refractivity contribution in [2.24, 2.45) is 11.3 Å². The van der Waals surface area contributed by atoms with Crippen molar-refractivity contribution in [3.8, 4) is 5.75 Å². The van der Waals surface area contributed by atoms with Gasteiger partial charge in [0.15, 0.2) is 6.10 Å². The number of aliphatic hydroxyl groups excluding tert-OH is 6. The Morgan fingerprint density at radius 3 is 1.88 bits per heavy atom. The number of benzene rings is 3. The SMILES string of the molecule is [C-]#[N+]C[C@@H](O)[C@@H]1NC(=O)C([C@H](O)Cc2ccc(O)c(S(=O)OOO)c2)NC(=O)C2CC(O)CN2C(=O)C(C(C)O)NC(=O)[C@@H](NC(=O)c2ccc(N3CCN(c4ccc(N5CCC6(CCCC6)CC5)cc4)CC3)cc2)C[C@H](O)CNC(=O)C2[C@@H](O)C(C)CN2C1=O. The van der Waals surface area contributed by atoms with Crippen molar-refractivity contribution < 1.29 is 88.1 Å². The Bertz CT molecular complexity index is 3170. The van der Waals surface area contributed by atoms with Gasteiger partial charge in [0.25, 0.3) is 5.91 Å². The first-order valence-corrected chi connectivity index (χ1v) is 31.8. The number of rotatable bonds is 14. The third kappa shape index (κ3) is 15.8. The molecule has 3 aromatic carbocycles. The lowest BCUT2D eigenvalue weighted by Crippen LogP contribution is -2.64. The van der Waals surface area contributed by atoms with Crippen LogP contribution in [0.25, 0.3) is 4.85 Å². The topological polar surface area (TPSA) is 398 Å². The van der Waals surface area contributed by atoms with E-state index < -0.39 is 181 Å². The minimum Gasteiger partial charge on any atom is -0.507 e. The van der Waals surface area contributed by atoms with Crippen LogP contribution in [0.3, 0.4) is 0 Å². The molecule has 8 unspecified atom stereocenters. The van der Waals surface area contributed by atoms with Gasteiger partial charge in [0.1, 0.15) is 46.9 Å². The molecule has 6 fully saturated rings. The third-order valence-electron chi connectivity index (χ3n) is 18.6. The molecule has 29 nitrogen and oxygen atoms in total. The molecule has 0 bridgehead atoms. The van der Waals surface area contributed by atoms with Gasteiger partial charge in [-0.05, 0) is 104 Å². The summed E-state index contributed by atoms with van der Waals surface area (Å²) in [6.45, 7) is 12.6. The molecule has 7 amide bonds. The van der Waals surface area contributed by atoms with Crippen LogP contribution in [0, 0.1) is 17.9 Å². The molecule has 13 N–H and O–H groups in total. The predicted molar refractivity (Wildman–Crippen MR) is 325 cm³/mol. The number of anilines is 3. The van der Waals surface area contributed by atoms with Gasteiger partial charge in [-0.1, -0.05) is 35.2 Å². The molecular formula is C61H81N11O18S. The van der Waals surface area contributed by atoms with Crippen molar-refractivity contribution in [3.05, 3.63) is 89.3 Å². The Kier molecular flexibility index (Phi) is 22.2. The lowest BCUT2D eigenvalue weighted by atomic mass is 9.77. The maximum absolute atomic E-state index is 14.6. The number of hydrogen-bond acceptors (Lipinski definition) is 21. The first kappa shape index (κ1) is 67.8. The van der Waals surface area contributed by atoms with Crippen LogP contribution >= 0.6 is 0 Å². The minimum absolute atomic E-state index is 0.00331. The van der Waals surface area contributed by atoms with E-state index in [1.807, 2.05) is 0 Å². The molecule has 5 aliphatic heterocycles. The Labute approximate surface area is 528 Å². The predicted octanol–water partition coefficient (Wildman–Crippen LogP) is -1.81. The molecule has 30 heteroatoms. The van der Waals surface area contributed by atoms with Gasteiger partial charge < -0.3 is 91.7 Å². The molecule has 14 atom stereocenters. The van der Waals surface area contributed by atoms with Crippen LogP contribution in [0.2, 0.25) is 0 Å². The van der Waals surface area contributed by atoms with E-state index in [-0.39, 0.29) is 17.7 Å². The van der Waals surface area contributed by atoms with E-state index >= 15 is 0 Å². The van der Waals surface area contributed by atoms with E-state index in [4.69, 9.17) is 11.8 Å². The molecule has 1 saturated carbocycles. The van der Waals surface area contributed by atoms with Gasteiger partial charge in [0.2, 0.25) is 53.1 Å². The number of carbonyl (C=O) groups excluding carboxylic acids is 7. The number of carbonyl (C=O) groups is 7. The summed E-state index contributed by atoms with van der Waals surface area (Å²) in [4.78, 5) is 113. The van der Waals surface area contributed by atoms with Crippen molar-refractivity contribution in [2.75, 3.05) is 80.1 Å². The van der Waals surface area contributed by atoms with E-state index in [0.29, 0.717) is 18.5 Å². The molecule has 5 heterocycles. The lowest BCUT2D eigenvalue weighted by Gasteiger charge is -2.41. The zero-order valence-corrected chi connectivity index (χ0v) is 51.4. The molecule has 1 aliphatic carbocycles. The number of aliphatic hydroxyl groups is 6. The van der Waals surface area contributed by atoms with Crippen molar-refractivity contribution >= 4 is 69.5 Å². The van der Waals surface area contributed by atoms with E-state index in [1.54, 1.807) is 24.3 Å². The second-order valence-electron chi connectivity index (χ2n) is 24.7. The number of nitrogens with one attached hydrogen (secondary N) is 5. The second-order valence-corrected chi connectivity index (χ2v) is 25.8. The highest BCUT2D eigenvalue weighted by atomic mass is 32.2. The van der Waals surface area contributed by atoms with Crippen molar-refractivity contribution in [2.45, 2.75) is 149 Å². The molecule has 9 rings (SSSR count). The Morgan fingerprint density at radius 2 is 1.29 bits per heavy atom. The molecule has 6 aliphatic rings. The van der Waals surface area contributed by atoms with E-state index in [2.05, 4.69) is 79.8 Å². The van der Waals surface area contributed by atoms with E-state index in [0.717, 1.165) is 66.4 Å². The Balaban J connectivity index is 0.942. The third-order valence-corrected chi connectivity index (χ3v) is 19.5. The summed E-state index contributed by atoms with van der Waals surface area (Å²) in [5.74, 6) is -9.45. The van der Waals surface area contributed by atoms with Gasteiger partial charge >= 0.3 is 0 Å².